The molecule has 1 aliphatic rings. The molecule has 2 rings (SSSR count). The van der Waals surface area contributed by atoms with Crippen molar-refractivity contribution in [3.05, 3.63) is 28.8 Å². The molecule has 118 valence electrons. The van der Waals surface area contributed by atoms with Crippen LogP contribution in [0.3, 0.4) is 0 Å². The van der Waals surface area contributed by atoms with Crippen LogP contribution in [-0.2, 0) is 10.0 Å². The SMILES string of the molecule is Cc1cc(Cl)ccc1S(=O)(=O)NCCCN1CCNCC1. The van der Waals surface area contributed by atoms with E-state index < -0.39 is 10.0 Å². The second-order valence-electron chi connectivity index (χ2n) is 5.25. The monoisotopic (exact) mass is 331 g/mol. The summed E-state index contributed by atoms with van der Waals surface area (Å²) in [5, 5.41) is 3.84. The Kier molecular flexibility index (Phi) is 6.01. The Bertz CT molecular complexity index is 572. The van der Waals surface area contributed by atoms with Gasteiger partial charge in [0, 0.05) is 37.7 Å². The van der Waals surface area contributed by atoms with Crippen molar-refractivity contribution < 1.29 is 8.42 Å². The summed E-state index contributed by atoms with van der Waals surface area (Å²) in [7, 11) is -3.45. The van der Waals surface area contributed by atoms with Crippen molar-refractivity contribution in [3.63, 3.8) is 0 Å². The van der Waals surface area contributed by atoms with Gasteiger partial charge in [0.25, 0.3) is 0 Å². The predicted octanol–water partition coefficient (Wildman–Crippen LogP) is 1.22. The topological polar surface area (TPSA) is 61.4 Å². The van der Waals surface area contributed by atoms with E-state index in [4.69, 9.17) is 11.6 Å². The minimum atomic E-state index is -3.45. The van der Waals surface area contributed by atoms with Crippen LogP contribution in [0.2, 0.25) is 5.02 Å². The molecule has 0 radical (unpaired) electrons. The summed E-state index contributed by atoms with van der Waals surface area (Å²) in [5.41, 5.74) is 0.664. The molecule has 0 aliphatic carbocycles. The fourth-order valence-corrected chi connectivity index (χ4v) is 3.96. The second-order valence-corrected chi connectivity index (χ2v) is 7.42. The molecule has 7 heteroatoms. The van der Waals surface area contributed by atoms with Gasteiger partial charge < -0.3 is 10.2 Å². The third-order valence-electron chi connectivity index (χ3n) is 3.58. The van der Waals surface area contributed by atoms with E-state index in [2.05, 4.69) is 14.9 Å². The smallest absolute Gasteiger partial charge is 0.240 e. The zero-order valence-corrected chi connectivity index (χ0v) is 13.8. The van der Waals surface area contributed by atoms with Crippen molar-refractivity contribution in [2.75, 3.05) is 39.3 Å². The minimum absolute atomic E-state index is 0.300. The molecule has 0 aromatic heterocycles. The number of nitrogens with one attached hydrogen (secondary N) is 2. The Morgan fingerprint density at radius 2 is 2.05 bits per heavy atom. The average molecular weight is 332 g/mol. The van der Waals surface area contributed by atoms with Crippen molar-refractivity contribution in [2.24, 2.45) is 0 Å². The number of aryl methyl sites for hydroxylation is 1. The standard InChI is InChI=1S/C14H22ClN3O2S/c1-12-11-13(15)3-4-14(12)21(19,20)17-5-2-8-18-9-6-16-7-10-18/h3-4,11,16-17H,2,5-10H2,1H3. The molecule has 0 saturated carbocycles. The van der Waals surface area contributed by atoms with E-state index in [1.54, 1.807) is 25.1 Å². The molecule has 5 nitrogen and oxygen atoms in total. The highest BCUT2D eigenvalue weighted by Gasteiger charge is 2.16. The van der Waals surface area contributed by atoms with Gasteiger partial charge in [0.05, 0.1) is 4.90 Å². The first-order chi connectivity index (χ1) is 9.99. The van der Waals surface area contributed by atoms with Crippen LogP contribution in [0.4, 0.5) is 0 Å². The molecule has 0 amide bonds. The summed E-state index contributed by atoms with van der Waals surface area (Å²) in [6, 6.07) is 4.82. The van der Waals surface area contributed by atoms with E-state index in [1.807, 2.05) is 0 Å². The Balaban J connectivity index is 1.83. The van der Waals surface area contributed by atoms with Gasteiger partial charge in [0.15, 0.2) is 0 Å². The van der Waals surface area contributed by atoms with Crippen LogP contribution in [0.1, 0.15) is 12.0 Å². The van der Waals surface area contributed by atoms with Crippen LogP contribution >= 0.6 is 11.6 Å². The number of halogens is 1. The zero-order valence-electron chi connectivity index (χ0n) is 12.2. The van der Waals surface area contributed by atoms with E-state index in [9.17, 15) is 8.42 Å². The molecule has 1 saturated heterocycles. The lowest BCUT2D eigenvalue weighted by molar-refractivity contribution is 0.239. The summed E-state index contributed by atoms with van der Waals surface area (Å²) in [6.07, 6.45) is 0.811. The highest BCUT2D eigenvalue weighted by Crippen LogP contribution is 2.19. The normalized spacial score (nSPS) is 17.0. The molecule has 2 N–H and O–H groups in total. The zero-order chi connectivity index (χ0) is 15.3. The van der Waals surface area contributed by atoms with Gasteiger partial charge in [-0.1, -0.05) is 11.6 Å². The lowest BCUT2D eigenvalue weighted by Gasteiger charge is -2.27. The molecule has 1 aliphatic heterocycles. The highest BCUT2D eigenvalue weighted by molar-refractivity contribution is 7.89. The lowest BCUT2D eigenvalue weighted by Crippen LogP contribution is -2.44. The molecule has 1 heterocycles. The number of nitrogens with zero attached hydrogens (tertiary/aromatic N) is 1. The van der Waals surface area contributed by atoms with Gasteiger partial charge in [0.2, 0.25) is 10.0 Å². The maximum Gasteiger partial charge on any atom is 0.240 e. The lowest BCUT2D eigenvalue weighted by atomic mass is 10.2. The number of benzene rings is 1. The van der Waals surface area contributed by atoms with Gasteiger partial charge in [-0.25, -0.2) is 13.1 Å². The van der Waals surface area contributed by atoms with Gasteiger partial charge in [0.1, 0.15) is 0 Å². The van der Waals surface area contributed by atoms with E-state index >= 15 is 0 Å². The molecule has 0 spiro atoms. The van der Waals surface area contributed by atoms with Gasteiger partial charge in [-0.3, -0.25) is 0 Å². The van der Waals surface area contributed by atoms with Gasteiger partial charge in [-0.05, 0) is 43.7 Å². The Morgan fingerprint density at radius 3 is 2.71 bits per heavy atom. The van der Waals surface area contributed by atoms with Crippen LogP contribution in [0.5, 0.6) is 0 Å². The van der Waals surface area contributed by atoms with Crippen LogP contribution < -0.4 is 10.0 Å². The van der Waals surface area contributed by atoms with Crippen LogP contribution in [0.25, 0.3) is 0 Å². The summed E-state index contributed by atoms with van der Waals surface area (Å²) < 4.78 is 27.1. The first kappa shape index (κ1) is 16.7. The van der Waals surface area contributed by atoms with Crippen molar-refractivity contribution in [3.8, 4) is 0 Å². The van der Waals surface area contributed by atoms with Gasteiger partial charge in [-0.2, -0.15) is 0 Å². The van der Waals surface area contributed by atoms with Crippen LogP contribution in [0, 0.1) is 6.92 Å². The van der Waals surface area contributed by atoms with Crippen molar-refractivity contribution >= 4 is 21.6 Å². The molecule has 1 aromatic rings. The maximum atomic E-state index is 12.2. The summed E-state index contributed by atoms with van der Waals surface area (Å²) in [4.78, 5) is 2.65. The number of rotatable bonds is 6. The molecule has 1 fully saturated rings. The Labute approximate surface area is 131 Å². The maximum absolute atomic E-state index is 12.2. The molecule has 0 unspecified atom stereocenters. The summed E-state index contributed by atoms with van der Waals surface area (Å²) in [5.74, 6) is 0. The highest BCUT2D eigenvalue weighted by atomic mass is 35.5. The second kappa shape index (κ2) is 7.56. The number of hydrogen-bond donors (Lipinski definition) is 2. The average Bonchev–Trinajstić information content (AvgIpc) is 2.44. The molecule has 0 atom stereocenters. The van der Waals surface area contributed by atoms with Crippen molar-refractivity contribution in [1.82, 2.24) is 14.9 Å². The summed E-state index contributed by atoms with van der Waals surface area (Å²) in [6.45, 7) is 7.21. The summed E-state index contributed by atoms with van der Waals surface area (Å²) >= 11 is 5.85. The van der Waals surface area contributed by atoms with Crippen molar-refractivity contribution in [2.45, 2.75) is 18.2 Å². The first-order valence-corrected chi connectivity index (χ1v) is 9.04. The number of hydrogen-bond acceptors (Lipinski definition) is 4. The molecular weight excluding hydrogens is 310 g/mol. The van der Waals surface area contributed by atoms with Crippen LogP contribution in [0.15, 0.2) is 23.1 Å². The Morgan fingerprint density at radius 1 is 1.33 bits per heavy atom. The quantitative estimate of drug-likeness (QED) is 0.770. The Hall–Kier alpha value is -0.660. The fraction of sp³-hybridized carbons (Fsp3) is 0.571. The predicted molar refractivity (Wildman–Crippen MR) is 85.3 cm³/mol. The third kappa shape index (κ3) is 4.93. The first-order valence-electron chi connectivity index (χ1n) is 7.18. The van der Waals surface area contributed by atoms with Crippen molar-refractivity contribution in [1.29, 1.82) is 0 Å². The van der Waals surface area contributed by atoms with E-state index in [0.29, 0.717) is 22.0 Å². The fourth-order valence-electron chi connectivity index (χ4n) is 2.44. The van der Waals surface area contributed by atoms with E-state index in [1.165, 1.54) is 0 Å². The van der Waals surface area contributed by atoms with Crippen LogP contribution in [-0.4, -0.2) is 52.6 Å². The number of piperazine rings is 1. The third-order valence-corrected chi connectivity index (χ3v) is 5.44. The molecule has 0 bridgehead atoms. The van der Waals surface area contributed by atoms with Gasteiger partial charge >= 0.3 is 0 Å². The minimum Gasteiger partial charge on any atom is -0.314 e. The molecule has 1 aromatic carbocycles. The van der Waals surface area contributed by atoms with E-state index in [0.717, 1.165) is 39.1 Å². The number of sulfonamides is 1. The molecular formula is C14H22ClN3O2S. The molecule has 21 heavy (non-hydrogen) atoms. The largest absolute Gasteiger partial charge is 0.314 e. The van der Waals surface area contributed by atoms with Gasteiger partial charge in [-0.15, -0.1) is 0 Å². The van der Waals surface area contributed by atoms with E-state index in [-0.39, 0.29) is 0 Å².